The zero-order valence-corrected chi connectivity index (χ0v) is 14.7. The molecule has 0 aliphatic heterocycles. The van der Waals surface area contributed by atoms with Crippen molar-refractivity contribution in [2.75, 3.05) is 6.26 Å². The van der Waals surface area contributed by atoms with Crippen LogP contribution in [0.2, 0.25) is 0 Å². The van der Waals surface area contributed by atoms with Crippen LogP contribution in [-0.4, -0.2) is 39.4 Å². The van der Waals surface area contributed by atoms with E-state index in [1.807, 2.05) is 0 Å². The number of benzene rings is 1. The molecular weight excluding hydrogens is 390 g/mol. The van der Waals surface area contributed by atoms with E-state index in [0.717, 1.165) is 24.7 Å². The first kappa shape index (κ1) is 18.9. The van der Waals surface area contributed by atoms with Crippen LogP contribution in [0.4, 0.5) is 17.6 Å². The zero-order valence-electron chi connectivity index (χ0n) is 13.9. The first-order valence-corrected chi connectivity index (χ1v) is 9.19. The van der Waals surface area contributed by atoms with E-state index in [1.54, 1.807) is 0 Å². The van der Waals surface area contributed by atoms with Crippen LogP contribution >= 0.6 is 0 Å². The molecule has 1 aromatic carbocycles. The average Bonchev–Trinajstić information content (AvgIpc) is 3.02. The van der Waals surface area contributed by atoms with Crippen molar-refractivity contribution in [2.24, 2.45) is 0 Å². The Hall–Kier alpha value is -2.89. The van der Waals surface area contributed by atoms with E-state index in [1.165, 1.54) is 19.1 Å². The maximum absolute atomic E-state index is 13.8. The second kappa shape index (κ2) is 6.37. The molecule has 12 heteroatoms. The number of aryl methyl sites for hydroxylation is 1. The van der Waals surface area contributed by atoms with Crippen molar-refractivity contribution in [3.8, 4) is 17.3 Å². The lowest BCUT2D eigenvalue weighted by Gasteiger charge is -2.06. The third-order valence-electron chi connectivity index (χ3n) is 3.52. The van der Waals surface area contributed by atoms with Crippen LogP contribution < -0.4 is 0 Å². The number of nitrogens with zero attached hydrogens (tertiary/aromatic N) is 5. The van der Waals surface area contributed by atoms with Gasteiger partial charge in [0.2, 0.25) is 0 Å². The Kier molecular flexibility index (Phi) is 4.46. The van der Waals surface area contributed by atoms with Crippen molar-refractivity contribution in [1.82, 2.24) is 24.7 Å². The van der Waals surface area contributed by atoms with Gasteiger partial charge in [0, 0.05) is 11.8 Å². The summed E-state index contributed by atoms with van der Waals surface area (Å²) in [7, 11) is -3.59. The molecule has 0 spiro atoms. The van der Waals surface area contributed by atoms with Crippen LogP contribution in [0.25, 0.3) is 17.3 Å². The summed E-state index contributed by atoms with van der Waals surface area (Å²) in [6, 6.07) is 3.77. The summed E-state index contributed by atoms with van der Waals surface area (Å²) in [5.74, 6) is -2.78. The molecule has 0 bridgehead atoms. The van der Waals surface area contributed by atoms with E-state index in [-0.39, 0.29) is 22.2 Å². The van der Waals surface area contributed by atoms with Crippen molar-refractivity contribution in [1.29, 1.82) is 0 Å². The predicted molar refractivity (Wildman–Crippen MR) is 85.2 cm³/mol. The molecule has 3 rings (SSSR count). The molecule has 27 heavy (non-hydrogen) atoms. The fourth-order valence-corrected chi connectivity index (χ4v) is 2.59. The van der Waals surface area contributed by atoms with Crippen LogP contribution in [-0.2, 0) is 16.0 Å². The van der Waals surface area contributed by atoms with Crippen molar-refractivity contribution in [3.05, 3.63) is 47.8 Å². The molecule has 0 N–H and O–H groups in total. The van der Waals surface area contributed by atoms with Gasteiger partial charge < -0.3 is 0 Å². The highest BCUT2D eigenvalue weighted by atomic mass is 32.2. The minimum atomic E-state index is -4.85. The molecule has 0 radical (unpaired) electrons. The van der Waals surface area contributed by atoms with Crippen LogP contribution in [0.1, 0.15) is 11.4 Å². The van der Waals surface area contributed by atoms with Crippen LogP contribution in [0.15, 0.2) is 35.5 Å². The highest BCUT2D eigenvalue weighted by molar-refractivity contribution is 7.90. The molecule has 0 aliphatic rings. The molecular formula is C15H11F4N5O2S. The van der Waals surface area contributed by atoms with Crippen molar-refractivity contribution < 1.29 is 26.0 Å². The fourth-order valence-electron chi connectivity index (χ4n) is 2.10. The molecule has 0 aliphatic carbocycles. The van der Waals surface area contributed by atoms with Gasteiger partial charge in [-0.05, 0) is 18.6 Å². The van der Waals surface area contributed by atoms with Gasteiger partial charge in [0.25, 0.3) is 11.8 Å². The summed E-state index contributed by atoms with van der Waals surface area (Å²) in [4.78, 5) is 10.7. The molecule has 0 saturated heterocycles. The third kappa shape index (κ3) is 3.79. The molecule has 142 valence electrons. The van der Waals surface area contributed by atoms with Gasteiger partial charge in [0.1, 0.15) is 10.7 Å². The van der Waals surface area contributed by atoms with Crippen LogP contribution in [0, 0.1) is 12.7 Å². The summed E-state index contributed by atoms with van der Waals surface area (Å²) in [5.41, 5.74) is 0.325. The molecule has 2 aromatic heterocycles. The Labute approximate surface area is 150 Å². The molecule has 0 amide bonds. The Bertz CT molecular complexity index is 1110. The summed E-state index contributed by atoms with van der Waals surface area (Å²) in [6.45, 7) is 1.50. The van der Waals surface area contributed by atoms with Gasteiger partial charge in [-0.3, -0.25) is 0 Å². The molecule has 0 saturated carbocycles. The van der Waals surface area contributed by atoms with Crippen molar-refractivity contribution in [2.45, 2.75) is 18.0 Å². The highest BCUT2D eigenvalue weighted by Gasteiger charge is 2.38. The van der Waals surface area contributed by atoms with Gasteiger partial charge >= 0.3 is 6.18 Å². The summed E-state index contributed by atoms with van der Waals surface area (Å²) < 4.78 is 76.6. The Balaban J connectivity index is 2.19. The van der Waals surface area contributed by atoms with Gasteiger partial charge in [0.15, 0.2) is 15.7 Å². The predicted octanol–water partition coefficient (Wildman–Crippen LogP) is 2.59. The zero-order chi connectivity index (χ0) is 20.0. The van der Waals surface area contributed by atoms with Crippen molar-refractivity contribution in [3.63, 3.8) is 0 Å². The summed E-state index contributed by atoms with van der Waals surface area (Å²) in [6.07, 6.45) is -2.04. The van der Waals surface area contributed by atoms with E-state index in [2.05, 4.69) is 20.1 Å². The quantitative estimate of drug-likeness (QED) is 0.627. The van der Waals surface area contributed by atoms with E-state index >= 15 is 0 Å². The first-order chi connectivity index (χ1) is 12.5. The molecule has 0 fully saturated rings. The van der Waals surface area contributed by atoms with E-state index < -0.39 is 27.7 Å². The summed E-state index contributed by atoms with van der Waals surface area (Å²) in [5, 5.41) is 3.36. The molecule has 0 unspecified atom stereocenters. The minimum Gasteiger partial charge on any atom is -0.224 e. The molecule has 0 atom stereocenters. The smallest absolute Gasteiger partial charge is 0.224 e. The van der Waals surface area contributed by atoms with E-state index in [9.17, 15) is 26.0 Å². The molecule has 2 heterocycles. The van der Waals surface area contributed by atoms with Gasteiger partial charge in [0.05, 0.1) is 12.4 Å². The lowest BCUT2D eigenvalue weighted by molar-refractivity contribution is -0.144. The van der Waals surface area contributed by atoms with Crippen LogP contribution in [0.5, 0.6) is 0 Å². The van der Waals surface area contributed by atoms with Gasteiger partial charge in [-0.1, -0.05) is 12.1 Å². The Morgan fingerprint density at radius 2 is 1.74 bits per heavy atom. The van der Waals surface area contributed by atoms with Crippen LogP contribution in [0.3, 0.4) is 0 Å². The van der Waals surface area contributed by atoms with Gasteiger partial charge in [-0.15, -0.1) is 5.10 Å². The van der Waals surface area contributed by atoms with E-state index in [0.29, 0.717) is 10.2 Å². The number of hydrogen-bond donors (Lipinski definition) is 0. The highest BCUT2D eigenvalue weighted by Crippen LogP contribution is 2.30. The molecule has 7 nitrogen and oxygen atoms in total. The number of sulfone groups is 1. The Morgan fingerprint density at radius 3 is 2.26 bits per heavy atom. The van der Waals surface area contributed by atoms with Gasteiger partial charge in [-0.25, -0.2) is 27.8 Å². The van der Waals surface area contributed by atoms with Gasteiger partial charge in [-0.2, -0.15) is 17.9 Å². The minimum absolute atomic E-state index is 0.0249. The second-order valence-corrected chi connectivity index (χ2v) is 7.64. The largest absolute Gasteiger partial charge is 0.453 e. The SMILES string of the molecule is Cc1ccc(-c2nc(C(F)(F)F)nn2-c2ncc(S(C)(=O)=O)cn2)cc1F. The standard InChI is InChI=1S/C15H11F4N5O2S/c1-8-3-4-9(5-11(8)16)12-22-13(15(17,18)19)23-24(12)14-20-6-10(7-21-14)27(2,25)26/h3-7H,1-2H3. The van der Waals surface area contributed by atoms with E-state index in [4.69, 9.17) is 0 Å². The number of rotatable bonds is 3. The molecule has 3 aromatic rings. The fraction of sp³-hybridized carbons (Fsp3) is 0.200. The lowest BCUT2D eigenvalue weighted by Crippen LogP contribution is -2.10. The maximum Gasteiger partial charge on any atom is 0.453 e. The average molecular weight is 401 g/mol. The van der Waals surface area contributed by atoms with Crippen molar-refractivity contribution >= 4 is 9.84 Å². The topological polar surface area (TPSA) is 90.6 Å². The normalized spacial score (nSPS) is 12.4. The monoisotopic (exact) mass is 401 g/mol. The second-order valence-electron chi connectivity index (χ2n) is 5.62. The third-order valence-corrected chi connectivity index (χ3v) is 4.59. The summed E-state index contributed by atoms with van der Waals surface area (Å²) >= 11 is 0. The number of hydrogen-bond acceptors (Lipinski definition) is 6. The number of alkyl halides is 3. The number of halogens is 4. The lowest BCUT2D eigenvalue weighted by atomic mass is 10.1. The Morgan fingerprint density at radius 1 is 1.11 bits per heavy atom. The number of aromatic nitrogens is 5. The maximum atomic E-state index is 13.8. The first-order valence-electron chi connectivity index (χ1n) is 7.30.